The number of hydrogen-bond acceptors (Lipinski definition) is 2. The molecule has 0 saturated carbocycles. The molecular formula is C13H11ClO3. The van der Waals surface area contributed by atoms with E-state index in [2.05, 4.69) is 0 Å². The maximum Gasteiger partial charge on any atom is 0.311 e. The summed E-state index contributed by atoms with van der Waals surface area (Å²) in [5, 5.41) is 9.29. The van der Waals surface area contributed by atoms with Crippen LogP contribution in [0, 0.1) is 6.92 Å². The van der Waals surface area contributed by atoms with Crippen LogP contribution in [-0.2, 0) is 11.2 Å². The van der Waals surface area contributed by atoms with Gasteiger partial charge in [0.05, 0.1) is 0 Å². The highest BCUT2D eigenvalue weighted by molar-refractivity contribution is 6.30. The van der Waals surface area contributed by atoms with E-state index in [1.807, 2.05) is 19.1 Å². The van der Waals surface area contributed by atoms with E-state index in [9.17, 15) is 4.79 Å². The Hall–Kier alpha value is -1.74. The molecule has 1 N–H and O–H groups in total. The molecule has 0 unspecified atom stereocenters. The molecule has 0 aliphatic heterocycles. The van der Waals surface area contributed by atoms with E-state index in [0.717, 1.165) is 11.1 Å². The topological polar surface area (TPSA) is 50.4 Å². The van der Waals surface area contributed by atoms with Crippen molar-refractivity contribution in [2.24, 2.45) is 0 Å². The molecule has 1 heterocycles. The predicted molar refractivity (Wildman–Crippen MR) is 65.2 cm³/mol. The Morgan fingerprint density at radius 1 is 1.35 bits per heavy atom. The van der Waals surface area contributed by atoms with E-state index in [-0.39, 0.29) is 6.42 Å². The molecule has 3 nitrogen and oxygen atoms in total. The first-order chi connectivity index (χ1) is 8.06. The maximum absolute atomic E-state index is 10.6. The summed E-state index contributed by atoms with van der Waals surface area (Å²) in [4.78, 5) is 10.6. The number of furan rings is 1. The van der Waals surface area contributed by atoms with Crippen LogP contribution >= 0.6 is 11.6 Å². The van der Waals surface area contributed by atoms with Crippen molar-refractivity contribution in [1.82, 2.24) is 0 Å². The van der Waals surface area contributed by atoms with Crippen molar-refractivity contribution >= 4 is 17.6 Å². The van der Waals surface area contributed by atoms with Crippen molar-refractivity contribution in [2.75, 3.05) is 0 Å². The lowest BCUT2D eigenvalue weighted by molar-refractivity contribution is -0.136. The van der Waals surface area contributed by atoms with Gasteiger partial charge in [0.25, 0.3) is 0 Å². The Morgan fingerprint density at radius 2 is 2.12 bits per heavy atom. The normalized spacial score (nSPS) is 10.5. The van der Waals surface area contributed by atoms with Crippen LogP contribution < -0.4 is 0 Å². The quantitative estimate of drug-likeness (QED) is 0.907. The molecule has 2 rings (SSSR count). The van der Waals surface area contributed by atoms with Gasteiger partial charge in [0.1, 0.15) is 17.9 Å². The minimum Gasteiger partial charge on any atom is -0.481 e. The summed E-state index contributed by atoms with van der Waals surface area (Å²) in [6.45, 7) is 1.95. The van der Waals surface area contributed by atoms with Crippen LogP contribution in [0.25, 0.3) is 11.3 Å². The summed E-state index contributed by atoms with van der Waals surface area (Å²) < 4.78 is 5.48. The highest BCUT2D eigenvalue weighted by Crippen LogP contribution is 2.28. The smallest absolute Gasteiger partial charge is 0.311 e. The van der Waals surface area contributed by atoms with Gasteiger partial charge in [-0.25, -0.2) is 0 Å². The average Bonchev–Trinajstić information content (AvgIpc) is 2.69. The Kier molecular flexibility index (Phi) is 3.20. The fourth-order valence-corrected chi connectivity index (χ4v) is 1.80. The maximum atomic E-state index is 10.6. The van der Waals surface area contributed by atoms with Crippen molar-refractivity contribution in [3.8, 4) is 11.3 Å². The number of rotatable bonds is 3. The number of benzene rings is 1. The van der Waals surface area contributed by atoms with Crippen LogP contribution in [0.15, 0.2) is 34.7 Å². The standard InChI is InChI=1S/C13H11ClO3/c1-8-2-3-9(14)6-11(8)12-5-4-10(17-12)7-13(15)16/h2-6H,7H2,1H3,(H,15,16). The van der Waals surface area contributed by atoms with E-state index >= 15 is 0 Å². The molecule has 0 aliphatic carbocycles. The first-order valence-electron chi connectivity index (χ1n) is 5.13. The van der Waals surface area contributed by atoms with Crippen LogP contribution in [0.2, 0.25) is 5.02 Å². The number of halogens is 1. The van der Waals surface area contributed by atoms with Gasteiger partial charge in [-0.1, -0.05) is 17.7 Å². The van der Waals surface area contributed by atoms with E-state index in [1.165, 1.54) is 0 Å². The number of hydrogen-bond donors (Lipinski definition) is 1. The molecule has 4 heteroatoms. The minimum absolute atomic E-state index is 0.111. The summed E-state index contributed by atoms with van der Waals surface area (Å²) in [5.41, 5.74) is 1.92. The number of carboxylic acid groups (broad SMARTS) is 1. The van der Waals surface area contributed by atoms with E-state index in [4.69, 9.17) is 21.1 Å². The fraction of sp³-hybridized carbons (Fsp3) is 0.154. The second-order valence-corrected chi connectivity index (χ2v) is 4.23. The van der Waals surface area contributed by atoms with Crippen molar-refractivity contribution in [1.29, 1.82) is 0 Å². The first-order valence-corrected chi connectivity index (χ1v) is 5.51. The molecule has 2 aromatic rings. The molecule has 1 aromatic heterocycles. The van der Waals surface area contributed by atoms with Gasteiger partial charge in [0.2, 0.25) is 0 Å². The molecular weight excluding hydrogens is 240 g/mol. The lowest BCUT2D eigenvalue weighted by atomic mass is 10.1. The molecule has 0 atom stereocenters. The monoisotopic (exact) mass is 250 g/mol. The van der Waals surface area contributed by atoms with Crippen molar-refractivity contribution in [2.45, 2.75) is 13.3 Å². The second-order valence-electron chi connectivity index (χ2n) is 3.80. The van der Waals surface area contributed by atoms with Gasteiger partial charge in [-0.05, 0) is 36.8 Å². The number of aliphatic carboxylic acids is 1. The Morgan fingerprint density at radius 3 is 2.82 bits per heavy atom. The van der Waals surface area contributed by atoms with Crippen LogP contribution in [-0.4, -0.2) is 11.1 Å². The fourth-order valence-electron chi connectivity index (χ4n) is 1.63. The Bertz CT molecular complexity index is 558. The Balaban J connectivity index is 2.36. The molecule has 0 bridgehead atoms. The van der Waals surface area contributed by atoms with Crippen LogP contribution in [0.4, 0.5) is 0 Å². The van der Waals surface area contributed by atoms with E-state index < -0.39 is 5.97 Å². The zero-order valence-corrected chi connectivity index (χ0v) is 9.99. The lowest BCUT2D eigenvalue weighted by Crippen LogP contribution is -1.97. The highest BCUT2D eigenvalue weighted by Gasteiger charge is 2.10. The third kappa shape index (κ3) is 2.68. The van der Waals surface area contributed by atoms with Gasteiger partial charge in [-0.3, -0.25) is 4.79 Å². The number of carboxylic acids is 1. The summed E-state index contributed by atoms with van der Waals surface area (Å²) in [7, 11) is 0. The zero-order chi connectivity index (χ0) is 12.4. The third-order valence-electron chi connectivity index (χ3n) is 2.45. The highest BCUT2D eigenvalue weighted by atomic mass is 35.5. The van der Waals surface area contributed by atoms with Gasteiger partial charge in [-0.15, -0.1) is 0 Å². The predicted octanol–water partition coefficient (Wildman–Crippen LogP) is 3.54. The molecule has 0 saturated heterocycles. The van der Waals surface area contributed by atoms with Crippen LogP contribution in [0.5, 0.6) is 0 Å². The average molecular weight is 251 g/mol. The van der Waals surface area contributed by atoms with E-state index in [0.29, 0.717) is 16.5 Å². The summed E-state index contributed by atoms with van der Waals surface area (Å²) in [6, 6.07) is 8.94. The molecule has 0 amide bonds. The molecule has 1 aromatic carbocycles. The first kappa shape index (κ1) is 11.7. The second kappa shape index (κ2) is 4.63. The molecule has 88 valence electrons. The van der Waals surface area contributed by atoms with Crippen LogP contribution in [0.1, 0.15) is 11.3 Å². The lowest BCUT2D eigenvalue weighted by Gasteiger charge is -2.02. The summed E-state index contributed by atoms with van der Waals surface area (Å²) in [6.07, 6.45) is -0.111. The van der Waals surface area contributed by atoms with Gasteiger partial charge in [0.15, 0.2) is 0 Å². The summed E-state index contributed by atoms with van der Waals surface area (Å²) >= 11 is 5.92. The molecule has 17 heavy (non-hydrogen) atoms. The largest absolute Gasteiger partial charge is 0.481 e. The third-order valence-corrected chi connectivity index (χ3v) is 2.69. The minimum atomic E-state index is -0.909. The molecule has 0 aliphatic rings. The van der Waals surface area contributed by atoms with Gasteiger partial charge in [0, 0.05) is 10.6 Å². The van der Waals surface area contributed by atoms with Crippen molar-refractivity contribution < 1.29 is 14.3 Å². The molecule has 0 radical (unpaired) electrons. The van der Waals surface area contributed by atoms with Gasteiger partial charge >= 0.3 is 5.97 Å². The molecule has 0 fully saturated rings. The SMILES string of the molecule is Cc1ccc(Cl)cc1-c1ccc(CC(=O)O)o1. The Labute approximate surface area is 104 Å². The molecule has 0 spiro atoms. The van der Waals surface area contributed by atoms with E-state index in [1.54, 1.807) is 18.2 Å². The summed E-state index contributed by atoms with van der Waals surface area (Å²) in [5.74, 6) is 0.168. The number of carbonyl (C=O) groups is 1. The zero-order valence-electron chi connectivity index (χ0n) is 9.24. The van der Waals surface area contributed by atoms with Crippen molar-refractivity contribution in [3.05, 3.63) is 46.7 Å². The number of aryl methyl sites for hydroxylation is 1. The van der Waals surface area contributed by atoms with Crippen molar-refractivity contribution in [3.63, 3.8) is 0 Å². The van der Waals surface area contributed by atoms with Crippen LogP contribution in [0.3, 0.4) is 0 Å². The van der Waals surface area contributed by atoms with Gasteiger partial charge < -0.3 is 9.52 Å². The van der Waals surface area contributed by atoms with Gasteiger partial charge in [-0.2, -0.15) is 0 Å².